The minimum atomic E-state index is -0.149. The fourth-order valence-electron chi connectivity index (χ4n) is 4.80. The number of nitrogens with zero attached hydrogens (tertiary/aromatic N) is 3. The first-order valence-corrected chi connectivity index (χ1v) is 10.5. The van der Waals surface area contributed by atoms with E-state index in [4.69, 9.17) is 4.74 Å². The molecule has 29 heavy (non-hydrogen) atoms. The molecular formula is C22H26N4O3. The van der Waals surface area contributed by atoms with Crippen LogP contribution in [0.4, 0.5) is 0 Å². The Morgan fingerprint density at radius 3 is 2.83 bits per heavy atom. The lowest BCUT2D eigenvalue weighted by molar-refractivity contribution is -0.133. The summed E-state index contributed by atoms with van der Waals surface area (Å²) in [6.45, 7) is 1.95. The molecule has 2 saturated heterocycles. The molecule has 1 aromatic carbocycles. The number of rotatable bonds is 3. The minimum Gasteiger partial charge on any atom is -0.374 e. The van der Waals surface area contributed by atoms with Gasteiger partial charge in [-0.3, -0.25) is 14.7 Å². The summed E-state index contributed by atoms with van der Waals surface area (Å²) in [7, 11) is 0. The largest absolute Gasteiger partial charge is 0.374 e. The number of ether oxygens (including phenoxy) is 1. The number of hydrogen-bond acceptors (Lipinski definition) is 4. The number of carbonyl (C=O) groups excluding carboxylic acids is 2. The second kappa shape index (κ2) is 7.63. The smallest absolute Gasteiger partial charge is 0.274 e. The summed E-state index contributed by atoms with van der Waals surface area (Å²) in [5.41, 5.74) is 3.82. The third-order valence-electron chi connectivity index (χ3n) is 6.35. The monoisotopic (exact) mass is 394 g/mol. The van der Waals surface area contributed by atoms with Gasteiger partial charge in [-0.25, -0.2) is 0 Å². The topological polar surface area (TPSA) is 78.5 Å². The van der Waals surface area contributed by atoms with Crippen molar-refractivity contribution >= 4 is 11.8 Å². The first kappa shape index (κ1) is 18.4. The van der Waals surface area contributed by atoms with Crippen LogP contribution in [0, 0.1) is 0 Å². The van der Waals surface area contributed by atoms with Crippen molar-refractivity contribution in [1.29, 1.82) is 0 Å². The Hall–Kier alpha value is -2.67. The van der Waals surface area contributed by atoms with E-state index in [1.165, 1.54) is 0 Å². The number of aromatic amines is 1. The van der Waals surface area contributed by atoms with Gasteiger partial charge in [-0.15, -0.1) is 0 Å². The van der Waals surface area contributed by atoms with Crippen molar-refractivity contribution in [3.8, 4) is 0 Å². The zero-order valence-electron chi connectivity index (χ0n) is 16.5. The molecule has 7 nitrogen and oxygen atoms in total. The van der Waals surface area contributed by atoms with Gasteiger partial charge >= 0.3 is 0 Å². The number of amides is 2. The zero-order valence-corrected chi connectivity index (χ0v) is 16.5. The number of H-pyrrole nitrogens is 1. The van der Waals surface area contributed by atoms with Crippen molar-refractivity contribution in [3.63, 3.8) is 0 Å². The lowest BCUT2D eigenvalue weighted by Crippen LogP contribution is -2.45. The molecule has 5 rings (SSSR count). The molecule has 3 heterocycles. The molecule has 2 aliphatic heterocycles. The van der Waals surface area contributed by atoms with Crippen molar-refractivity contribution in [2.45, 2.75) is 50.8 Å². The van der Waals surface area contributed by atoms with E-state index >= 15 is 0 Å². The van der Waals surface area contributed by atoms with E-state index in [1.807, 2.05) is 40.1 Å². The Morgan fingerprint density at radius 1 is 1.14 bits per heavy atom. The van der Waals surface area contributed by atoms with Crippen LogP contribution in [0.5, 0.6) is 0 Å². The maximum atomic E-state index is 13.2. The quantitative estimate of drug-likeness (QED) is 0.863. The van der Waals surface area contributed by atoms with E-state index < -0.39 is 0 Å². The molecule has 2 amide bonds. The maximum Gasteiger partial charge on any atom is 0.274 e. The number of nitrogens with one attached hydrogen (secondary N) is 1. The summed E-state index contributed by atoms with van der Waals surface area (Å²) in [4.78, 5) is 29.7. The number of fused-ring (bicyclic) bond motifs is 2. The minimum absolute atomic E-state index is 0.0480. The van der Waals surface area contributed by atoms with Gasteiger partial charge in [0.2, 0.25) is 5.91 Å². The predicted octanol–water partition coefficient (Wildman–Crippen LogP) is 1.93. The zero-order chi connectivity index (χ0) is 19.8. The molecule has 3 aliphatic rings. The Kier molecular flexibility index (Phi) is 4.83. The van der Waals surface area contributed by atoms with Crippen LogP contribution in [0.15, 0.2) is 30.3 Å². The van der Waals surface area contributed by atoms with E-state index in [-0.39, 0.29) is 24.0 Å². The van der Waals surface area contributed by atoms with E-state index in [0.29, 0.717) is 38.4 Å². The van der Waals surface area contributed by atoms with Gasteiger partial charge in [-0.05, 0) is 31.2 Å². The standard InChI is InChI=1S/C22H26N4O3/c27-20-10-11-29-19-14-25(13-18(19)26(20)12-15-6-2-1-3-7-15)22(28)21-16-8-4-5-9-17(16)23-24-21/h1-3,6-7,18-19H,4-5,8-14H2,(H,23,24)/t18-,19-/m0/s1. The SMILES string of the molecule is O=C(c1n[nH]c2c1CCCC2)N1C[C@@H]2OCCC(=O)N(Cc3ccccc3)[C@H]2C1. The Morgan fingerprint density at radius 2 is 1.97 bits per heavy atom. The van der Waals surface area contributed by atoms with Crippen LogP contribution in [0.1, 0.15) is 46.6 Å². The fourth-order valence-corrected chi connectivity index (χ4v) is 4.80. The summed E-state index contributed by atoms with van der Waals surface area (Å²) in [5, 5.41) is 7.40. The van der Waals surface area contributed by atoms with Crippen LogP contribution in [-0.2, 0) is 28.9 Å². The molecular weight excluding hydrogens is 368 g/mol. The van der Waals surface area contributed by atoms with E-state index in [1.54, 1.807) is 0 Å². The average Bonchev–Trinajstić information content (AvgIpc) is 3.33. The predicted molar refractivity (Wildman–Crippen MR) is 106 cm³/mol. The van der Waals surface area contributed by atoms with Gasteiger partial charge in [0.15, 0.2) is 5.69 Å². The Labute approximate surface area is 170 Å². The molecule has 2 fully saturated rings. The maximum absolute atomic E-state index is 13.2. The van der Waals surface area contributed by atoms with Crippen molar-refractivity contribution < 1.29 is 14.3 Å². The number of aromatic nitrogens is 2. The molecule has 1 N–H and O–H groups in total. The summed E-state index contributed by atoms with van der Waals surface area (Å²) >= 11 is 0. The first-order chi connectivity index (χ1) is 14.2. The van der Waals surface area contributed by atoms with Gasteiger partial charge < -0.3 is 14.5 Å². The van der Waals surface area contributed by atoms with Crippen molar-refractivity contribution in [2.75, 3.05) is 19.7 Å². The molecule has 0 saturated carbocycles. The van der Waals surface area contributed by atoms with Crippen LogP contribution in [0.25, 0.3) is 0 Å². The second-order valence-electron chi connectivity index (χ2n) is 8.18. The van der Waals surface area contributed by atoms with Gasteiger partial charge in [0.1, 0.15) is 0 Å². The molecule has 0 bridgehead atoms. The third-order valence-corrected chi connectivity index (χ3v) is 6.35. The van der Waals surface area contributed by atoms with Gasteiger partial charge in [0, 0.05) is 30.9 Å². The van der Waals surface area contributed by atoms with Crippen LogP contribution < -0.4 is 0 Å². The molecule has 0 spiro atoms. The summed E-state index contributed by atoms with van der Waals surface area (Å²) in [5.74, 6) is 0.0426. The van der Waals surface area contributed by atoms with Crippen LogP contribution >= 0.6 is 0 Å². The molecule has 1 aliphatic carbocycles. The number of aryl methyl sites for hydroxylation is 1. The van der Waals surface area contributed by atoms with Crippen LogP contribution in [0.2, 0.25) is 0 Å². The van der Waals surface area contributed by atoms with E-state index in [0.717, 1.165) is 42.5 Å². The molecule has 152 valence electrons. The van der Waals surface area contributed by atoms with Crippen LogP contribution in [-0.4, -0.2) is 63.7 Å². The van der Waals surface area contributed by atoms with E-state index in [9.17, 15) is 9.59 Å². The highest BCUT2D eigenvalue weighted by Gasteiger charge is 2.43. The highest BCUT2D eigenvalue weighted by molar-refractivity contribution is 5.94. The molecule has 2 atom stereocenters. The lowest BCUT2D eigenvalue weighted by atomic mass is 9.95. The molecule has 0 radical (unpaired) electrons. The molecule has 0 unspecified atom stereocenters. The highest BCUT2D eigenvalue weighted by Crippen LogP contribution is 2.28. The average molecular weight is 394 g/mol. The summed E-state index contributed by atoms with van der Waals surface area (Å²) in [6, 6.07) is 9.88. The second-order valence-corrected chi connectivity index (χ2v) is 8.18. The highest BCUT2D eigenvalue weighted by atomic mass is 16.5. The number of carbonyl (C=O) groups is 2. The van der Waals surface area contributed by atoms with Gasteiger partial charge in [0.25, 0.3) is 5.91 Å². The van der Waals surface area contributed by atoms with E-state index in [2.05, 4.69) is 10.2 Å². The summed E-state index contributed by atoms with van der Waals surface area (Å²) < 4.78 is 5.99. The van der Waals surface area contributed by atoms with Crippen molar-refractivity contribution in [2.24, 2.45) is 0 Å². The Bertz CT molecular complexity index is 910. The fraction of sp³-hybridized carbons (Fsp3) is 0.500. The van der Waals surface area contributed by atoms with Gasteiger partial charge in [-0.2, -0.15) is 5.10 Å². The summed E-state index contributed by atoms with van der Waals surface area (Å²) in [6.07, 6.45) is 4.35. The number of benzene rings is 1. The first-order valence-electron chi connectivity index (χ1n) is 10.5. The molecule has 7 heteroatoms. The van der Waals surface area contributed by atoms with Gasteiger partial charge in [0.05, 0.1) is 25.2 Å². The van der Waals surface area contributed by atoms with Gasteiger partial charge in [-0.1, -0.05) is 30.3 Å². The third kappa shape index (κ3) is 3.44. The lowest BCUT2D eigenvalue weighted by Gasteiger charge is -2.29. The molecule has 2 aromatic rings. The number of likely N-dealkylation sites (tertiary alicyclic amines) is 1. The Balaban J connectivity index is 1.37. The molecule has 1 aromatic heterocycles. The normalized spacial score (nSPS) is 24.2. The van der Waals surface area contributed by atoms with Crippen LogP contribution in [0.3, 0.4) is 0 Å². The van der Waals surface area contributed by atoms with Crippen molar-refractivity contribution in [1.82, 2.24) is 20.0 Å². The van der Waals surface area contributed by atoms with Crippen molar-refractivity contribution in [3.05, 3.63) is 52.8 Å². The number of hydrogen-bond donors (Lipinski definition) is 1.